The molecule has 1 aromatic heterocycles. The Morgan fingerprint density at radius 1 is 1.73 bits per heavy atom. The van der Waals surface area contributed by atoms with Crippen molar-refractivity contribution in [1.82, 2.24) is 4.90 Å². The lowest BCUT2D eigenvalue weighted by Gasteiger charge is -2.25. The Kier molecular flexibility index (Phi) is 3.07. The standard InChI is InChI=1S/C11H16N2OS/c1-8(12)11(14)13-5-2-3-10(13)9-4-6-15-7-9/h4,6-8,10H,2-3,5,12H2,1H3. The van der Waals surface area contributed by atoms with Gasteiger partial charge in [-0.15, -0.1) is 0 Å². The molecule has 1 aliphatic rings. The minimum Gasteiger partial charge on any atom is -0.334 e. The van der Waals surface area contributed by atoms with Gasteiger partial charge in [-0.05, 0) is 42.2 Å². The third kappa shape index (κ3) is 2.06. The van der Waals surface area contributed by atoms with Crippen LogP contribution in [0.5, 0.6) is 0 Å². The molecule has 0 aliphatic carbocycles. The van der Waals surface area contributed by atoms with E-state index in [1.54, 1.807) is 18.3 Å². The molecule has 0 bridgehead atoms. The molecular formula is C11H16N2OS. The molecule has 2 heterocycles. The molecule has 0 saturated carbocycles. The zero-order valence-electron chi connectivity index (χ0n) is 8.85. The first-order valence-electron chi connectivity index (χ1n) is 5.28. The number of hydrogen-bond donors (Lipinski definition) is 1. The highest BCUT2D eigenvalue weighted by atomic mass is 32.1. The van der Waals surface area contributed by atoms with Crippen LogP contribution in [0.2, 0.25) is 0 Å². The summed E-state index contributed by atoms with van der Waals surface area (Å²) in [6.45, 7) is 2.60. The predicted molar refractivity (Wildman–Crippen MR) is 61.7 cm³/mol. The summed E-state index contributed by atoms with van der Waals surface area (Å²) in [6.07, 6.45) is 2.15. The Morgan fingerprint density at radius 3 is 3.13 bits per heavy atom. The average molecular weight is 224 g/mol. The third-order valence-electron chi connectivity index (χ3n) is 2.85. The summed E-state index contributed by atoms with van der Waals surface area (Å²) in [6, 6.07) is 1.97. The second-order valence-electron chi connectivity index (χ2n) is 4.04. The highest BCUT2D eigenvalue weighted by Crippen LogP contribution is 2.33. The Labute approximate surface area is 93.9 Å². The van der Waals surface area contributed by atoms with Crippen LogP contribution in [0, 0.1) is 0 Å². The second kappa shape index (κ2) is 4.33. The zero-order chi connectivity index (χ0) is 10.8. The fourth-order valence-electron chi connectivity index (χ4n) is 2.10. The van der Waals surface area contributed by atoms with E-state index in [1.807, 2.05) is 4.90 Å². The van der Waals surface area contributed by atoms with Crippen molar-refractivity contribution in [2.45, 2.75) is 31.8 Å². The summed E-state index contributed by atoms with van der Waals surface area (Å²) < 4.78 is 0. The van der Waals surface area contributed by atoms with Gasteiger partial charge in [-0.25, -0.2) is 0 Å². The third-order valence-corrected chi connectivity index (χ3v) is 3.55. The number of carbonyl (C=O) groups is 1. The summed E-state index contributed by atoms with van der Waals surface area (Å²) >= 11 is 1.68. The number of likely N-dealkylation sites (tertiary alicyclic amines) is 1. The number of amides is 1. The molecule has 2 atom stereocenters. The molecule has 2 unspecified atom stereocenters. The SMILES string of the molecule is CC(N)C(=O)N1CCCC1c1ccsc1. The first-order chi connectivity index (χ1) is 7.20. The number of carbonyl (C=O) groups excluding carboxylic acids is 1. The van der Waals surface area contributed by atoms with E-state index in [4.69, 9.17) is 5.73 Å². The largest absolute Gasteiger partial charge is 0.334 e. The maximum absolute atomic E-state index is 11.9. The number of nitrogens with two attached hydrogens (primary N) is 1. The molecule has 1 aromatic rings. The summed E-state index contributed by atoms with van der Waals surface area (Å²) in [5.74, 6) is 0.0729. The van der Waals surface area contributed by atoms with Gasteiger partial charge in [0.2, 0.25) is 5.91 Å². The van der Waals surface area contributed by atoms with Crippen LogP contribution in [0.25, 0.3) is 0 Å². The maximum Gasteiger partial charge on any atom is 0.239 e. The van der Waals surface area contributed by atoms with Crippen LogP contribution in [-0.4, -0.2) is 23.4 Å². The van der Waals surface area contributed by atoms with Crippen molar-refractivity contribution in [2.75, 3.05) is 6.54 Å². The molecule has 2 rings (SSSR count). The molecule has 0 spiro atoms. The molecular weight excluding hydrogens is 208 g/mol. The highest BCUT2D eigenvalue weighted by molar-refractivity contribution is 7.07. The Hall–Kier alpha value is -0.870. The van der Waals surface area contributed by atoms with E-state index in [2.05, 4.69) is 16.8 Å². The molecule has 1 fully saturated rings. The number of nitrogens with zero attached hydrogens (tertiary/aromatic N) is 1. The van der Waals surface area contributed by atoms with Crippen molar-refractivity contribution in [2.24, 2.45) is 5.73 Å². The lowest BCUT2D eigenvalue weighted by atomic mass is 10.1. The van der Waals surface area contributed by atoms with Crippen LogP contribution < -0.4 is 5.73 Å². The van der Waals surface area contributed by atoms with E-state index >= 15 is 0 Å². The second-order valence-corrected chi connectivity index (χ2v) is 4.82. The van der Waals surface area contributed by atoms with Crippen molar-refractivity contribution in [1.29, 1.82) is 0 Å². The van der Waals surface area contributed by atoms with Gasteiger partial charge >= 0.3 is 0 Å². The number of hydrogen-bond acceptors (Lipinski definition) is 3. The van der Waals surface area contributed by atoms with Crippen LogP contribution in [-0.2, 0) is 4.79 Å². The molecule has 3 nitrogen and oxygen atoms in total. The first-order valence-corrected chi connectivity index (χ1v) is 6.22. The van der Waals surface area contributed by atoms with Crippen molar-refractivity contribution in [3.05, 3.63) is 22.4 Å². The Morgan fingerprint density at radius 2 is 2.53 bits per heavy atom. The molecule has 82 valence electrons. The Balaban J connectivity index is 2.15. The molecule has 1 amide bonds. The Bertz CT molecular complexity index is 334. The smallest absolute Gasteiger partial charge is 0.239 e. The van der Waals surface area contributed by atoms with E-state index < -0.39 is 0 Å². The van der Waals surface area contributed by atoms with Gasteiger partial charge in [0.25, 0.3) is 0 Å². The number of rotatable bonds is 2. The normalized spacial score (nSPS) is 23.1. The lowest BCUT2D eigenvalue weighted by Crippen LogP contribution is -2.41. The van der Waals surface area contributed by atoms with Crippen molar-refractivity contribution in [3.8, 4) is 0 Å². The predicted octanol–water partition coefficient (Wildman–Crippen LogP) is 1.76. The van der Waals surface area contributed by atoms with Gasteiger partial charge in [-0.2, -0.15) is 11.3 Å². The van der Waals surface area contributed by atoms with E-state index in [9.17, 15) is 4.79 Å². The van der Waals surface area contributed by atoms with E-state index in [0.29, 0.717) is 0 Å². The van der Waals surface area contributed by atoms with Gasteiger partial charge in [0.1, 0.15) is 0 Å². The van der Waals surface area contributed by atoms with Gasteiger partial charge < -0.3 is 10.6 Å². The maximum atomic E-state index is 11.9. The van der Waals surface area contributed by atoms with Crippen LogP contribution in [0.3, 0.4) is 0 Å². The minimum absolute atomic E-state index is 0.0729. The van der Waals surface area contributed by atoms with Gasteiger partial charge in [0.15, 0.2) is 0 Å². The van der Waals surface area contributed by atoms with Gasteiger partial charge in [-0.1, -0.05) is 0 Å². The summed E-state index contributed by atoms with van der Waals surface area (Å²) in [5.41, 5.74) is 6.90. The molecule has 2 N–H and O–H groups in total. The summed E-state index contributed by atoms with van der Waals surface area (Å²) in [4.78, 5) is 13.8. The van der Waals surface area contributed by atoms with Crippen LogP contribution in [0.15, 0.2) is 16.8 Å². The lowest BCUT2D eigenvalue weighted by molar-refractivity contribution is -0.133. The van der Waals surface area contributed by atoms with E-state index in [0.717, 1.165) is 19.4 Å². The van der Waals surface area contributed by atoms with Gasteiger partial charge in [0.05, 0.1) is 12.1 Å². The molecule has 15 heavy (non-hydrogen) atoms. The fraction of sp³-hybridized carbons (Fsp3) is 0.545. The fourth-order valence-corrected chi connectivity index (χ4v) is 2.81. The summed E-state index contributed by atoms with van der Waals surface area (Å²) in [5, 5.41) is 4.18. The quantitative estimate of drug-likeness (QED) is 0.832. The van der Waals surface area contributed by atoms with E-state index in [-0.39, 0.29) is 18.0 Å². The first kappa shape index (κ1) is 10.6. The minimum atomic E-state index is -0.385. The monoisotopic (exact) mass is 224 g/mol. The van der Waals surface area contributed by atoms with E-state index in [1.165, 1.54) is 5.56 Å². The molecule has 0 aromatic carbocycles. The number of thiophene rings is 1. The van der Waals surface area contributed by atoms with Crippen LogP contribution >= 0.6 is 11.3 Å². The molecule has 0 radical (unpaired) electrons. The topological polar surface area (TPSA) is 46.3 Å². The van der Waals surface area contributed by atoms with Crippen LogP contribution in [0.4, 0.5) is 0 Å². The average Bonchev–Trinajstić information content (AvgIpc) is 2.86. The van der Waals surface area contributed by atoms with Crippen molar-refractivity contribution >= 4 is 17.2 Å². The molecule has 4 heteroatoms. The van der Waals surface area contributed by atoms with Crippen molar-refractivity contribution < 1.29 is 4.79 Å². The summed E-state index contributed by atoms with van der Waals surface area (Å²) in [7, 11) is 0. The van der Waals surface area contributed by atoms with Gasteiger partial charge in [-0.3, -0.25) is 4.79 Å². The molecule has 1 saturated heterocycles. The van der Waals surface area contributed by atoms with Crippen LogP contribution in [0.1, 0.15) is 31.4 Å². The van der Waals surface area contributed by atoms with Gasteiger partial charge in [0, 0.05) is 6.54 Å². The highest BCUT2D eigenvalue weighted by Gasteiger charge is 2.31. The zero-order valence-corrected chi connectivity index (χ0v) is 9.67. The molecule has 1 aliphatic heterocycles. The van der Waals surface area contributed by atoms with Crippen molar-refractivity contribution in [3.63, 3.8) is 0 Å².